The summed E-state index contributed by atoms with van der Waals surface area (Å²) in [4.78, 5) is 10.4. The predicted molar refractivity (Wildman–Crippen MR) is 47.2 cm³/mol. The van der Waals surface area contributed by atoms with Crippen LogP contribution in [0, 0.1) is 0 Å². The second-order valence-electron chi connectivity index (χ2n) is 2.09. The average molecular weight is 167 g/mol. The minimum atomic E-state index is -0.0449. The Balaban J connectivity index is 2.43. The molecule has 0 saturated heterocycles. The maximum Gasteiger partial charge on any atom is 0.220 e. The highest BCUT2D eigenvalue weighted by molar-refractivity contribution is 7.08. The summed E-state index contributed by atoms with van der Waals surface area (Å²) in [6.07, 6.45) is 3.50. The Kier molecular flexibility index (Phi) is 2.86. The molecule has 0 aliphatic rings. The molecule has 1 amide bonds. The third-order valence-corrected chi connectivity index (χ3v) is 1.81. The van der Waals surface area contributed by atoms with Crippen LogP contribution in [0.4, 0.5) is 0 Å². The largest absolute Gasteiger partial charge is 0.333 e. The molecule has 2 nitrogen and oxygen atoms in total. The Hall–Kier alpha value is -1.09. The summed E-state index contributed by atoms with van der Waals surface area (Å²) in [5, 5.41) is 6.57. The molecule has 0 aliphatic heterocycles. The summed E-state index contributed by atoms with van der Waals surface area (Å²) in [6, 6.07) is 1.99. The lowest BCUT2D eigenvalue weighted by molar-refractivity contribution is -0.118. The van der Waals surface area contributed by atoms with E-state index in [0.717, 1.165) is 5.56 Å². The number of hydrogen-bond acceptors (Lipinski definition) is 2. The first-order valence-corrected chi connectivity index (χ1v) is 4.19. The number of carbonyl (C=O) groups excluding carboxylic acids is 1. The van der Waals surface area contributed by atoms with Crippen LogP contribution >= 0.6 is 11.3 Å². The molecule has 0 atom stereocenters. The lowest BCUT2D eigenvalue weighted by Gasteiger charge is -1.88. The van der Waals surface area contributed by atoms with Crippen molar-refractivity contribution in [3.63, 3.8) is 0 Å². The van der Waals surface area contributed by atoms with E-state index in [2.05, 4.69) is 5.32 Å². The predicted octanol–water partition coefficient (Wildman–Crippen LogP) is 1.85. The molecule has 58 valence electrons. The van der Waals surface area contributed by atoms with Crippen molar-refractivity contribution in [3.05, 3.63) is 28.6 Å². The first-order valence-electron chi connectivity index (χ1n) is 3.25. The zero-order chi connectivity index (χ0) is 8.10. The van der Waals surface area contributed by atoms with Crippen molar-refractivity contribution in [2.75, 3.05) is 0 Å². The highest BCUT2D eigenvalue weighted by Gasteiger charge is 1.85. The molecule has 1 N–H and O–H groups in total. The van der Waals surface area contributed by atoms with Crippen molar-refractivity contribution in [1.82, 2.24) is 5.32 Å². The van der Waals surface area contributed by atoms with Crippen molar-refractivity contribution in [3.8, 4) is 0 Å². The molecule has 1 aromatic rings. The highest BCUT2D eigenvalue weighted by Crippen LogP contribution is 2.06. The van der Waals surface area contributed by atoms with Crippen LogP contribution in [0.5, 0.6) is 0 Å². The number of carbonyl (C=O) groups is 1. The van der Waals surface area contributed by atoms with E-state index >= 15 is 0 Å². The van der Waals surface area contributed by atoms with Gasteiger partial charge in [0.05, 0.1) is 0 Å². The van der Waals surface area contributed by atoms with Crippen LogP contribution in [0.3, 0.4) is 0 Å². The van der Waals surface area contributed by atoms with Gasteiger partial charge in [0.1, 0.15) is 0 Å². The normalized spacial score (nSPS) is 10.3. The molecule has 0 fully saturated rings. The molecule has 0 radical (unpaired) electrons. The van der Waals surface area contributed by atoms with E-state index in [1.807, 2.05) is 22.9 Å². The van der Waals surface area contributed by atoms with Crippen LogP contribution in [0.15, 0.2) is 23.0 Å². The van der Waals surface area contributed by atoms with E-state index in [0.29, 0.717) is 0 Å². The number of rotatable bonds is 2. The van der Waals surface area contributed by atoms with Gasteiger partial charge in [-0.05, 0) is 28.5 Å². The fourth-order valence-corrected chi connectivity index (χ4v) is 1.25. The van der Waals surface area contributed by atoms with Gasteiger partial charge in [-0.2, -0.15) is 11.3 Å². The molecule has 3 heteroatoms. The summed E-state index contributed by atoms with van der Waals surface area (Å²) >= 11 is 1.63. The van der Waals surface area contributed by atoms with E-state index in [-0.39, 0.29) is 5.91 Å². The summed E-state index contributed by atoms with van der Waals surface area (Å²) in [5.74, 6) is -0.0449. The van der Waals surface area contributed by atoms with Crippen molar-refractivity contribution in [2.45, 2.75) is 6.92 Å². The van der Waals surface area contributed by atoms with Crippen LogP contribution < -0.4 is 5.32 Å². The molecule has 0 aliphatic carbocycles. The SMILES string of the molecule is CC(=O)N/C=C\c1ccsc1. The Morgan fingerprint density at radius 2 is 2.55 bits per heavy atom. The molecular weight excluding hydrogens is 158 g/mol. The molecular formula is C8H9NOS. The van der Waals surface area contributed by atoms with Gasteiger partial charge < -0.3 is 5.32 Å². The molecule has 1 rings (SSSR count). The van der Waals surface area contributed by atoms with E-state index in [1.165, 1.54) is 6.92 Å². The molecule has 0 unspecified atom stereocenters. The van der Waals surface area contributed by atoms with Crippen LogP contribution in [0.25, 0.3) is 6.08 Å². The van der Waals surface area contributed by atoms with Gasteiger partial charge in [0.15, 0.2) is 0 Å². The Bertz CT molecular complexity index is 251. The zero-order valence-electron chi connectivity index (χ0n) is 6.20. The molecule has 0 aromatic carbocycles. The second-order valence-corrected chi connectivity index (χ2v) is 2.87. The zero-order valence-corrected chi connectivity index (χ0v) is 7.02. The van der Waals surface area contributed by atoms with E-state index in [1.54, 1.807) is 17.5 Å². The van der Waals surface area contributed by atoms with Crippen LogP contribution in [-0.4, -0.2) is 5.91 Å². The molecule has 11 heavy (non-hydrogen) atoms. The van der Waals surface area contributed by atoms with Gasteiger partial charge >= 0.3 is 0 Å². The molecule has 1 heterocycles. The molecule has 1 aromatic heterocycles. The standard InChI is InChI=1S/C8H9NOS/c1-7(10)9-4-2-8-3-5-11-6-8/h2-6H,1H3,(H,9,10)/b4-2-. The van der Waals surface area contributed by atoms with Crippen LogP contribution in [0.1, 0.15) is 12.5 Å². The number of nitrogens with one attached hydrogen (secondary N) is 1. The fourth-order valence-electron chi connectivity index (χ4n) is 0.625. The van der Waals surface area contributed by atoms with Gasteiger partial charge in [0.25, 0.3) is 0 Å². The van der Waals surface area contributed by atoms with Gasteiger partial charge in [-0.25, -0.2) is 0 Å². The van der Waals surface area contributed by atoms with Gasteiger partial charge in [0.2, 0.25) is 5.91 Å². The fraction of sp³-hybridized carbons (Fsp3) is 0.125. The van der Waals surface area contributed by atoms with Crippen LogP contribution in [-0.2, 0) is 4.79 Å². The minimum absolute atomic E-state index is 0.0449. The van der Waals surface area contributed by atoms with Crippen molar-refractivity contribution in [2.24, 2.45) is 0 Å². The minimum Gasteiger partial charge on any atom is -0.333 e. The van der Waals surface area contributed by atoms with Crippen LogP contribution in [0.2, 0.25) is 0 Å². The first-order chi connectivity index (χ1) is 5.29. The lowest BCUT2D eigenvalue weighted by Crippen LogP contribution is -2.10. The second kappa shape index (κ2) is 3.93. The third-order valence-electron chi connectivity index (χ3n) is 1.11. The van der Waals surface area contributed by atoms with Gasteiger partial charge in [-0.15, -0.1) is 0 Å². The summed E-state index contributed by atoms with van der Waals surface area (Å²) < 4.78 is 0. The smallest absolute Gasteiger partial charge is 0.220 e. The Labute approximate surface area is 69.6 Å². The molecule has 0 spiro atoms. The Morgan fingerprint density at radius 3 is 3.09 bits per heavy atom. The third kappa shape index (κ3) is 3.00. The summed E-state index contributed by atoms with van der Waals surface area (Å²) in [5.41, 5.74) is 1.11. The maximum absolute atomic E-state index is 10.4. The van der Waals surface area contributed by atoms with Crippen molar-refractivity contribution >= 4 is 23.3 Å². The quantitative estimate of drug-likeness (QED) is 0.715. The van der Waals surface area contributed by atoms with E-state index in [9.17, 15) is 4.79 Å². The monoisotopic (exact) mass is 167 g/mol. The topological polar surface area (TPSA) is 29.1 Å². The van der Waals surface area contributed by atoms with Gasteiger partial charge in [0, 0.05) is 13.1 Å². The van der Waals surface area contributed by atoms with Gasteiger partial charge in [-0.1, -0.05) is 0 Å². The van der Waals surface area contributed by atoms with E-state index < -0.39 is 0 Å². The number of thiophene rings is 1. The molecule has 0 saturated carbocycles. The summed E-state index contributed by atoms with van der Waals surface area (Å²) in [7, 11) is 0. The first kappa shape index (κ1) is 8.01. The van der Waals surface area contributed by atoms with Crippen molar-refractivity contribution < 1.29 is 4.79 Å². The highest BCUT2D eigenvalue weighted by atomic mass is 32.1. The maximum atomic E-state index is 10.4. The average Bonchev–Trinajstić information content (AvgIpc) is 2.39. The summed E-state index contributed by atoms with van der Waals surface area (Å²) in [6.45, 7) is 1.48. The lowest BCUT2D eigenvalue weighted by atomic mass is 10.3. The Morgan fingerprint density at radius 1 is 1.73 bits per heavy atom. The number of amides is 1. The molecule has 0 bridgehead atoms. The van der Waals surface area contributed by atoms with Gasteiger partial charge in [-0.3, -0.25) is 4.79 Å². The van der Waals surface area contributed by atoms with Crippen molar-refractivity contribution in [1.29, 1.82) is 0 Å². The van der Waals surface area contributed by atoms with E-state index in [4.69, 9.17) is 0 Å². The number of hydrogen-bond donors (Lipinski definition) is 1.